The number of rotatable bonds is 7. The topological polar surface area (TPSA) is 160 Å². The third-order valence-electron chi connectivity index (χ3n) is 5.13. The number of carbonyl (C=O) groups excluding carboxylic acids is 5. The molecule has 48 heavy (non-hydrogen) atoms. The predicted molar refractivity (Wildman–Crippen MR) is 176 cm³/mol. The summed E-state index contributed by atoms with van der Waals surface area (Å²) in [7, 11) is 0. The molecule has 1 aromatic heterocycles. The minimum atomic E-state index is -1.18. The van der Waals surface area contributed by atoms with Gasteiger partial charge in [0.25, 0.3) is 0 Å². The molecule has 0 N–H and O–H groups in total. The van der Waals surface area contributed by atoms with Crippen molar-refractivity contribution in [1.29, 1.82) is 0 Å². The lowest BCUT2D eigenvalue weighted by molar-refractivity contribution is -0.147. The van der Waals surface area contributed by atoms with Crippen molar-refractivity contribution < 1.29 is 52.4 Å². The van der Waals surface area contributed by atoms with Gasteiger partial charge in [0, 0.05) is 12.1 Å². The highest BCUT2D eigenvalue weighted by atomic mass is 16.6. The summed E-state index contributed by atoms with van der Waals surface area (Å²) in [4.78, 5) is 71.7. The number of amides is 4. The van der Waals surface area contributed by atoms with Gasteiger partial charge in [-0.2, -0.15) is 9.80 Å². The normalized spacial score (nSPS) is 11.9. The second-order valence-electron chi connectivity index (χ2n) is 14.5. The summed E-state index contributed by atoms with van der Waals surface area (Å²) < 4.78 is 32.8. The first kappa shape index (κ1) is 39.3. The molecule has 2 aromatic rings. The number of carbonyl (C=O) groups is 5. The van der Waals surface area contributed by atoms with Gasteiger partial charge in [-0.1, -0.05) is 30.3 Å². The summed E-state index contributed by atoms with van der Waals surface area (Å²) in [6.07, 6.45) is -4.74. The molecule has 264 valence electrons. The van der Waals surface area contributed by atoms with E-state index in [1.807, 2.05) is 6.07 Å². The first-order chi connectivity index (χ1) is 21.8. The maximum atomic E-state index is 13.5. The molecule has 4 amide bonds. The number of benzene rings is 1. The lowest BCUT2D eigenvalue weighted by Crippen LogP contribution is -2.45. The van der Waals surface area contributed by atoms with Crippen LogP contribution in [0.25, 0.3) is 0 Å². The average molecular weight is 674 g/mol. The smallest absolute Gasteiger partial charge is 0.425 e. The first-order valence-electron chi connectivity index (χ1n) is 15.2. The van der Waals surface area contributed by atoms with Crippen LogP contribution >= 0.6 is 0 Å². The van der Waals surface area contributed by atoms with Gasteiger partial charge >= 0.3 is 30.3 Å². The van der Waals surface area contributed by atoms with Gasteiger partial charge in [-0.3, -0.25) is 0 Å². The van der Waals surface area contributed by atoms with Crippen molar-refractivity contribution in [3.63, 3.8) is 0 Å². The molecule has 0 bridgehead atoms. The van der Waals surface area contributed by atoms with E-state index >= 15 is 0 Å². The Morgan fingerprint density at radius 3 is 1.27 bits per heavy atom. The number of hydrogen-bond acceptors (Lipinski definition) is 12. The molecule has 1 aromatic carbocycles. The molecule has 0 radical (unpaired) electrons. The monoisotopic (exact) mass is 673 g/mol. The molecule has 0 atom stereocenters. The van der Waals surface area contributed by atoms with Gasteiger partial charge in [0.1, 0.15) is 34.8 Å². The van der Waals surface area contributed by atoms with Crippen molar-refractivity contribution in [2.24, 2.45) is 0 Å². The van der Waals surface area contributed by atoms with Gasteiger partial charge in [0.2, 0.25) is 0 Å². The maximum Gasteiger partial charge on any atom is 0.425 e. The van der Waals surface area contributed by atoms with E-state index in [1.54, 1.807) is 107 Å². The Bertz CT molecular complexity index is 1330. The van der Waals surface area contributed by atoms with Gasteiger partial charge < -0.3 is 28.4 Å². The summed E-state index contributed by atoms with van der Waals surface area (Å²) in [5, 5.41) is 0. The highest BCUT2D eigenvalue weighted by Gasteiger charge is 2.38. The summed E-state index contributed by atoms with van der Waals surface area (Å²) in [5.41, 5.74) is -3.49. The molecule has 2 rings (SSSR count). The van der Waals surface area contributed by atoms with E-state index in [2.05, 4.69) is 4.98 Å². The fourth-order valence-electron chi connectivity index (χ4n) is 3.47. The van der Waals surface area contributed by atoms with E-state index in [0.717, 1.165) is 17.7 Å². The number of nitrogens with zero attached hydrogens (tertiary/aromatic N) is 3. The largest absolute Gasteiger partial charge is 0.482 e. The third-order valence-corrected chi connectivity index (χ3v) is 5.13. The lowest BCUT2D eigenvalue weighted by atomic mass is 10.2. The maximum absolute atomic E-state index is 13.5. The molecule has 0 aliphatic rings. The molecule has 0 unspecified atom stereocenters. The number of imide groups is 2. The van der Waals surface area contributed by atoms with Crippen LogP contribution in [0.2, 0.25) is 0 Å². The summed E-state index contributed by atoms with van der Waals surface area (Å²) >= 11 is 0. The Morgan fingerprint density at radius 2 is 0.938 bits per heavy atom. The molecule has 1 heterocycles. The third kappa shape index (κ3) is 13.9. The summed E-state index contributed by atoms with van der Waals surface area (Å²) in [5.74, 6) is -1.89. The zero-order valence-corrected chi connectivity index (χ0v) is 29.8. The number of pyridine rings is 1. The number of esters is 1. The van der Waals surface area contributed by atoms with Crippen LogP contribution in [0.15, 0.2) is 42.5 Å². The Kier molecular flexibility index (Phi) is 12.6. The SMILES string of the molecule is CC(C)(C)OC(=O)N(C(=O)OC(C)(C)C)c1cc(OCC(=O)OCc2ccccc2)cc(N(C(=O)OC(C)(C)C)C(=O)OC(C)(C)C)n1. The predicted octanol–water partition coefficient (Wildman–Crippen LogP) is 7.56. The molecule has 14 heteroatoms. The van der Waals surface area contributed by atoms with Crippen LogP contribution in [-0.2, 0) is 35.1 Å². The van der Waals surface area contributed by atoms with Crippen LogP contribution < -0.4 is 14.5 Å². The van der Waals surface area contributed by atoms with E-state index in [9.17, 15) is 24.0 Å². The minimum absolute atomic E-state index is 0.0218. The molecule has 0 saturated heterocycles. The fraction of sp³-hybridized carbons (Fsp3) is 0.529. The Morgan fingerprint density at radius 1 is 0.583 bits per heavy atom. The zero-order chi connectivity index (χ0) is 36.7. The Labute approximate surface area is 281 Å². The molecule has 0 aliphatic carbocycles. The molecular formula is C34H47N3O11. The standard InChI is InChI=1S/C34H47N3O11/c1-31(2,3)45-27(39)36(28(40)46-32(4,5)6)24-18-23(43-21-26(38)44-20-22-16-14-13-15-17-22)19-25(35-24)37(29(41)47-33(7,8)9)30(42)48-34(10,11)12/h13-19H,20-21H2,1-12H3. The minimum Gasteiger partial charge on any atom is -0.482 e. The van der Waals surface area contributed by atoms with E-state index < -0.39 is 71.0 Å². The van der Waals surface area contributed by atoms with Gasteiger partial charge in [-0.25, -0.2) is 29.0 Å². The van der Waals surface area contributed by atoms with E-state index in [1.165, 1.54) is 0 Å². The van der Waals surface area contributed by atoms with Gasteiger partial charge in [0.15, 0.2) is 18.2 Å². The van der Waals surface area contributed by atoms with Crippen molar-refractivity contribution in [2.45, 2.75) is 112 Å². The fourth-order valence-corrected chi connectivity index (χ4v) is 3.47. The van der Waals surface area contributed by atoms with Crippen LogP contribution in [0.3, 0.4) is 0 Å². The van der Waals surface area contributed by atoms with Crippen molar-refractivity contribution in [2.75, 3.05) is 16.4 Å². The van der Waals surface area contributed by atoms with Crippen LogP contribution in [0.5, 0.6) is 5.75 Å². The van der Waals surface area contributed by atoms with Crippen molar-refractivity contribution in [1.82, 2.24) is 4.98 Å². The molecular weight excluding hydrogens is 626 g/mol. The quantitative estimate of drug-likeness (QED) is 0.210. The number of ether oxygens (including phenoxy) is 6. The Hall–Kier alpha value is -4.88. The highest BCUT2D eigenvalue weighted by molar-refractivity contribution is 6.11. The van der Waals surface area contributed by atoms with Crippen LogP contribution in [0, 0.1) is 0 Å². The van der Waals surface area contributed by atoms with Gasteiger partial charge in [0.05, 0.1) is 0 Å². The number of aromatic nitrogens is 1. The van der Waals surface area contributed by atoms with Gasteiger partial charge in [-0.05, 0) is 88.6 Å². The summed E-state index contributed by atoms with van der Waals surface area (Å²) in [6.45, 7) is 18.4. The van der Waals surface area contributed by atoms with Crippen LogP contribution in [0.1, 0.15) is 88.6 Å². The molecule has 0 aliphatic heterocycles. The van der Waals surface area contributed by atoms with E-state index in [0.29, 0.717) is 9.80 Å². The van der Waals surface area contributed by atoms with Crippen LogP contribution in [0.4, 0.5) is 30.8 Å². The first-order valence-corrected chi connectivity index (χ1v) is 15.2. The van der Waals surface area contributed by atoms with Crippen LogP contribution in [-0.4, -0.2) is 64.3 Å². The summed E-state index contributed by atoms with van der Waals surface area (Å²) in [6, 6.07) is 11.2. The van der Waals surface area contributed by atoms with Crippen molar-refractivity contribution in [3.8, 4) is 5.75 Å². The lowest BCUT2D eigenvalue weighted by Gasteiger charge is -2.30. The molecule has 0 spiro atoms. The highest BCUT2D eigenvalue weighted by Crippen LogP contribution is 2.30. The van der Waals surface area contributed by atoms with Crippen molar-refractivity contribution in [3.05, 3.63) is 48.0 Å². The number of anilines is 2. The zero-order valence-electron chi connectivity index (χ0n) is 29.8. The number of hydrogen-bond donors (Lipinski definition) is 0. The van der Waals surface area contributed by atoms with E-state index in [-0.39, 0.29) is 12.4 Å². The average Bonchev–Trinajstić information content (AvgIpc) is 2.87. The second-order valence-corrected chi connectivity index (χ2v) is 14.5. The molecule has 0 fully saturated rings. The van der Waals surface area contributed by atoms with Gasteiger partial charge in [-0.15, -0.1) is 0 Å². The van der Waals surface area contributed by atoms with E-state index in [4.69, 9.17) is 28.4 Å². The molecule has 14 nitrogen and oxygen atoms in total. The Balaban J connectivity index is 2.70. The molecule has 0 saturated carbocycles. The van der Waals surface area contributed by atoms with Crippen molar-refractivity contribution >= 4 is 42.0 Å². The second kappa shape index (κ2) is 15.3.